The number of hydrogen-bond donors (Lipinski definition) is 1. The number of nitrogens with one attached hydrogen (secondary N) is 1. The molecule has 2 heterocycles. The van der Waals surface area contributed by atoms with Gasteiger partial charge in [0.2, 0.25) is 10.0 Å². The molecular formula is C17H17ClN4O2S. The molecule has 130 valence electrons. The predicted octanol–water partition coefficient (Wildman–Crippen LogP) is 2.92. The predicted molar refractivity (Wildman–Crippen MR) is 96.7 cm³/mol. The molecule has 8 heteroatoms. The quantitative estimate of drug-likeness (QED) is 0.742. The van der Waals surface area contributed by atoms with Gasteiger partial charge in [-0.05, 0) is 42.8 Å². The van der Waals surface area contributed by atoms with Crippen LogP contribution in [0.3, 0.4) is 0 Å². The fraction of sp³-hybridized carbons (Fsp3) is 0.176. The Balaban J connectivity index is 1.81. The molecule has 0 radical (unpaired) electrons. The minimum Gasteiger partial charge on any atom is -0.268 e. The summed E-state index contributed by atoms with van der Waals surface area (Å²) in [5.74, 6) is 0. The zero-order valence-electron chi connectivity index (χ0n) is 13.8. The Bertz CT molecular complexity index is 1000. The van der Waals surface area contributed by atoms with Crippen molar-refractivity contribution in [2.75, 3.05) is 0 Å². The summed E-state index contributed by atoms with van der Waals surface area (Å²) in [6.07, 6.45) is 3.40. The number of hydrogen-bond acceptors (Lipinski definition) is 4. The number of nitrogens with zero attached hydrogens (tertiary/aromatic N) is 3. The Hall–Kier alpha value is -2.22. The number of aryl methyl sites for hydroxylation is 1. The molecule has 0 fully saturated rings. The van der Waals surface area contributed by atoms with Crippen molar-refractivity contribution in [1.29, 1.82) is 0 Å². The first-order valence-electron chi connectivity index (χ1n) is 7.56. The van der Waals surface area contributed by atoms with Gasteiger partial charge in [-0.1, -0.05) is 17.7 Å². The zero-order valence-corrected chi connectivity index (χ0v) is 15.3. The van der Waals surface area contributed by atoms with Gasteiger partial charge in [-0.25, -0.2) is 13.1 Å². The third-order valence-corrected chi connectivity index (χ3v) is 5.81. The van der Waals surface area contributed by atoms with Gasteiger partial charge in [0.05, 0.1) is 22.8 Å². The zero-order chi connectivity index (χ0) is 18.0. The molecule has 0 atom stereocenters. The third-order valence-electron chi connectivity index (χ3n) is 3.86. The number of pyridine rings is 1. The van der Waals surface area contributed by atoms with Crippen molar-refractivity contribution in [2.45, 2.75) is 18.4 Å². The average Bonchev–Trinajstić information content (AvgIpc) is 2.97. The second-order valence-corrected chi connectivity index (χ2v) is 7.71. The van der Waals surface area contributed by atoms with Crippen molar-refractivity contribution in [3.63, 3.8) is 0 Å². The molecule has 6 nitrogen and oxygen atoms in total. The van der Waals surface area contributed by atoms with E-state index >= 15 is 0 Å². The molecule has 3 rings (SSSR count). The molecule has 1 aromatic carbocycles. The van der Waals surface area contributed by atoms with Crippen LogP contribution in [0, 0.1) is 6.92 Å². The lowest BCUT2D eigenvalue weighted by Crippen LogP contribution is -2.24. The summed E-state index contributed by atoms with van der Waals surface area (Å²) in [7, 11) is -1.86. The first-order valence-corrected chi connectivity index (χ1v) is 9.43. The lowest BCUT2D eigenvalue weighted by Gasteiger charge is -2.09. The second kappa shape index (κ2) is 6.95. The van der Waals surface area contributed by atoms with E-state index in [0.717, 1.165) is 11.3 Å². The van der Waals surface area contributed by atoms with Crippen LogP contribution in [0.15, 0.2) is 53.7 Å². The van der Waals surface area contributed by atoms with Crippen molar-refractivity contribution >= 4 is 21.6 Å². The monoisotopic (exact) mass is 376 g/mol. The Morgan fingerprint density at radius 1 is 1.20 bits per heavy atom. The van der Waals surface area contributed by atoms with Gasteiger partial charge in [-0.2, -0.15) is 5.10 Å². The van der Waals surface area contributed by atoms with E-state index in [9.17, 15) is 8.42 Å². The van der Waals surface area contributed by atoms with E-state index in [1.54, 1.807) is 36.1 Å². The van der Waals surface area contributed by atoms with Crippen LogP contribution < -0.4 is 4.72 Å². The normalized spacial score (nSPS) is 11.6. The molecule has 25 heavy (non-hydrogen) atoms. The van der Waals surface area contributed by atoms with E-state index in [-0.39, 0.29) is 11.4 Å². The maximum atomic E-state index is 12.5. The Morgan fingerprint density at radius 3 is 2.64 bits per heavy atom. The smallest absolute Gasteiger partial charge is 0.241 e. The third kappa shape index (κ3) is 3.73. The maximum Gasteiger partial charge on any atom is 0.241 e. The van der Waals surface area contributed by atoms with Gasteiger partial charge in [0.1, 0.15) is 0 Å². The number of sulfonamides is 1. The van der Waals surface area contributed by atoms with Crippen molar-refractivity contribution in [2.24, 2.45) is 7.05 Å². The minimum absolute atomic E-state index is 0.0905. The molecule has 0 bridgehead atoms. The molecule has 2 aromatic heterocycles. The SMILES string of the molecule is Cc1c(Cl)cccc1S(=O)(=O)NCc1cc(-c2ccncc2)n(C)n1. The van der Waals surface area contributed by atoms with E-state index in [1.807, 2.05) is 25.2 Å². The summed E-state index contributed by atoms with van der Waals surface area (Å²) in [6.45, 7) is 1.77. The molecule has 0 spiro atoms. The summed E-state index contributed by atoms with van der Waals surface area (Å²) in [6, 6.07) is 10.4. The highest BCUT2D eigenvalue weighted by Crippen LogP contribution is 2.23. The van der Waals surface area contributed by atoms with E-state index in [1.165, 1.54) is 6.07 Å². The Labute approximate surface area is 151 Å². The van der Waals surface area contributed by atoms with Gasteiger partial charge in [0.15, 0.2) is 0 Å². The number of rotatable bonds is 5. The molecule has 1 N–H and O–H groups in total. The van der Waals surface area contributed by atoms with Crippen LogP contribution in [0.5, 0.6) is 0 Å². The molecule has 0 saturated heterocycles. The van der Waals surface area contributed by atoms with E-state index in [2.05, 4.69) is 14.8 Å². The lowest BCUT2D eigenvalue weighted by atomic mass is 10.2. The van der Waals surface area contributed by atoms with Crippen molar-refractivity contribution in [3.05, 3.63) is 65.1 Å². The minimum atomic E-state index is -3.67. The van der Waals surface area contributed by atoms with Gasteiger partial charge in [0, 0.05) is 30.0 Å². The summed E-state index contributed by atoms with van der Waals surface area (Å²) in [5.41, 5.74) is 2.99. The van der Waals surface area contributed by atoms with Crippen LogP contribution >= 0.6 is 11.6 Å². The summed E-state index contributed by atoms with van der Waals surface area (Å²) in [5, 5.41) is 4.78. The highest BCUT2D eigenvalue weighted by atomic mass is 35.5. The molecule has 0 amide bonds. The van der Waals surface area contributed by atoms with Gasteiger partial charge in [-0.15, -0.1) is 0 Å². The highest BCUT2D eigenvalue weighted by molar-refractivity contribution is 7.89. The first kappa shape index (κ1) is 17.6. The van der Waals surface area contributed by atoms with Crippen molar-refractivity contribution in [1.82, 2.24) is 19.5 Å². The van der Waals surface area contributed by atoms with Gasteiger partial charge >= 0.3 is 0 Å². The van der Waals surface area contributed by atoms with Crippen molar-refractivity contribution in [3.8, 4) is 11.3 Å². The Kier molecular flexibility index (Phi) is 4.89. The van der Waals surface area contributed by atoms with Crippen LogP contribution in [0.4, 0.5) is 0 Å². The fourth-order valence-electron chi connectivity index (χ4n) is 2.53. The van der Waals surface area contributed by atoms with E-state index in [4.69, 9.17) is 11.6 Å². The molecule has 0 saturated carbocycles. The lowest BCUT2D eigenvalue weighted by molar-refractivity contribution is 0.579. The molecule has 0 aliphatic heterocycles. The second-order valence-electron chi connectivity index (χ2n) is 5.57. The van der Waals surface area contributed by atoms with Crippen LogP contribution in [0.2, 0.25) is 5.02 Å². The maximum absolute atomic E-state index is 12.5. The van der Waals surface area contributed by atoms with Crippen LogP contribution in [-0.4, -0.2) is 23.2 Å². The van der Waals surface area contributed by atoms with Crippen LogP contribution in [-0.2, 0) is 23.6 Å². The Morgan fingerprint density at radius 2 is 1.92 bits per heavy atom. The molecule has 0 aliphatic carbocycles. The van der Waals surface area contributed by atoms with E-state index in [0.29, 0.717) is 16.3 Å². The summed E-state index contributed by atoms with van der Waals surface area (Å²) >= 11 is 6.02. The van der Waals surface area contributed by atoms with Crippen molar-refractivity contribution < 1.29 is 8.42 Å². The van der Waals surface area contributed by atoms with Crippen LogP contribution in [0.25, 0.3) is 11.3 Å². The topological polar surface area (TPSA) is 76.9 Å². The standard InChI is InChI=1S/C17H17ClN4O2S/c1-12-15(18)4-3-5-17(12)25(23,24)20-11-14-10-16(22(2)21-14)13-6-8-19-9-7-13/h3-10,20H,11H2,1-2H3. The van der Waals surface area contributed by atoms with Gasteiger partial charge in [-0.3, -0.25) is 9.67 Å². The summed E-state index contributed by atoms with van der Waals surface area (Å²) < 4.78 is 29.3. The molecule has 3 aromatic rings. The fourth-order valence-corrected chi connectivity index (χ4v) is 4.03. The largest absolute Gasteiger partial charge is 0.268 e. The average molecular weight is 377 g/mol. The summed E-state index contributed by atoms with van der Waals surface area (Å²) in [4.78, 5) is 4.16. The number of aromatic nitrogens is 3. The molecule has 0 unspecified atom stereocenters. The molecular weight excluding hydrogens is 360 g/mol. The number of halogens is 1. The van der Waals surface area contributed by atoms with Gasteiger partial charge in [0.25, 0.3) is 0 Å². The van der Waals surface area contributed by atoms with E-state index < -0.39 is 10.0 Å². The highest BCUT2D eigenvalue weighted by Gasteiger charge is 2.18. The van der Waals surface area contributed by atoms with Crippen LogP contribution in [0.1, 0.15) is 11.3 Å². The van der Waals surface area contributed by atoms with Gasteiger partial charge < -0.3 is 0 Å². The number of benzene rings is 1. The molecule has 0 aliphatic rings. The first-order chi connectivity index (χ1) is 11.9.